The minimum absolute atomic E-state index is 0.0142. The molecule has 3 atom stereocenters. The topological polar surface area (TPSA) is 94.0 Å². The molecule has 5 rings (SSSR count). The van der Waals surface area contributed by atoms with Crippen LogP contribution in [0.15, 0.2) is 48.9 Å². The first-order valence-electron chi connectivity index (χ1n) is 8.74. The number of benzene rings is 1. The van der Waals surface area contributed by atoms with E-state index in [1.807, 2.05) is 24.7 Å². The Hall–Kier alpha value is -2.99. The summed E-state index contributed by atoms with van der Waals surface area (Å²) in [6, 6.07) is 11.7. The van der Waals surface area contributed by atoms with Gasteiger partial charge in [0.2, 0.25) is 0 Å². The van der Waals surface area contributed by atoms with Gasteiger partial charge < -0.3 is 15.4 Å². The number of imidazole rings is 1. The third-order valence-electron chi connectivity index (χ3n) is 5.63. The van der Waals surface area contributed by atoms with E-state index in [1.54, 1.807) is 12.1 Å². The van der Waals surface area contributed by atoms with Gasteiger partial charge in [0, 0.05) is 22.7 Å². The molecular weight excluding hydrogens is 328 g/mol. The highest BCUT2D eigenvalue weighted by atomic mass is 16.3. The van der Waals surface area contributed by atoms with Crippen LogP contribution in [0.25, 0.3) is 11.3 Å². The van der Waals surface area contributed by atoms with Crippen LogP contribution in [0.5, 0.6) is 0 Å². The summed E-state index contributed by atoms with van der Waals surface area (Å²) >= 11 is 0. The minimum Gasteiger partial charge on any atom is -0.388 e. The van der Waals surface area contributed by atoms with Gasteiger partial charge in [-0.1, -0.05) is 30.3 Å². The van der Waals surface area contributed by atoms with Crippen molar-refractivity contribution >= 4 is 5.91 Å². The van der Waals surface area contributed by atoms with Gasteiger partial charge in [0.05, 0.1) is 30.4 Å². The van der Waals surface area contributed by atoms with Crippen LogP contribution in [-0.4, -0.2) is 25.5 Å². The van der Waals surface area contributed by atoms with Gasteiger partial charge >= 0.3 is 0 Å². The number of nitrogens with zero attached hydrogens (tertiary/aromatic N) is 3. The molecule has 1 aliphatic carbocycles. The molecule has 0 saturated carbocycles. The highest BCUT2D eigenvalue weighted by Gasteiger charge is 2.40. The first kappa shape index (κ1) is 15.3. The Morgan fingerprint density at radius 3 is 2.88 bits per heavy atom. The number of carbonyl (C=O) groups excluding carboxylic acids is 1. The van der Waals surface area contributed by atoms with Gasteiger partial charge in [0.15, 0.2) is 0 Å². The number of hydrogen-bond donors (Lipinski definition) is 2. The van der Waals surface area contributed by atoms with Gasteiger partial charge in [0.1, 0.15) is 5.69 Å². The summed E-state index contributed by atoms with van der Waals surface area (Å²) in [5.41, 5.74) is 10.6. The number of hydrogen-bond acceptors (Lipinski definition) is 4. The average Bonchev–Trinajstić information content (AvgIpc) is 3.23. The van der Waals surface area contributed by atoms with E-state index in [0.29, 0.717) is 6.42 Å². The summed E-state index contributed by atoms with van der Waals surface area (Å²) in [5, 5.41) is 11.1. The number of aliphatic hydroxyl groups excluding tert-OH is 1. The Bertz CT molecular complexity index is 1030. The van der Waals surface area contributed by atoms with E-state index in [1.165, 1.54) is 11.1 Å². The lowest BCUT2D eigenvalue weighted by Crippen LogP contribution is -2.29. The van der Waals surface area contributed by atoms with Crippen LogP contribution in [0, 0.1) is 5.92 Å². The number of aryl methyl sites for hydroxylation is 1. The molecule has 0 saturated heterocycles. The molecule has 0 radical (unpaired) electrons. The van der Waals surface area contributed by atoms with Crippen molar-refractivity contribution in [1.82, 2.24) is 14.5 Å². The molecule has 1 aromatic carbocycles. The Morgan fingerprint density at radius 2 is 2.04 bits per heavy atom. The molecule has 2 aromatic heterocycles. The number of nitrogens with two attached hydrogens (primary N) is 1. The molecule has 3 aromatic rings. The highest BCUT2D eigenvalue weighted by Crippen LogP contribution is 2.49. The van der Waals surface area contributed by atoms with Gasteiger partial charge in [-0.05, 0) is 24.5 Å². The van der Waals surface area contributed by atoms with Crippen LogP contribution in [-0.2, 0) is 6.42 Å². The molecule has 3 heterocycles. The Labute approximate surface area is 150 Å². The second-order valence-corrected chi connectivity index (χ2v) is 6.96. The van der Waals surface area contributed by atoms with Crippen LogP contribution in [0.1, 0.15) is 45.9 Å². The SMILES string of the molecule is NC(=O)c1ccc2c(n1)CC[C@H]([C@H]1c3ccccc3-c3cncn31)[C@@H]2O. The summed E-state index contributed by atoms with van der Waals surface area (Å²) in [5.74, 6) is -0.530. The van der Waals surface area contributed by atoms with Crippen molar-refractivity contribution in [2.75, 3.05) is 0 Å². The first-order valence-corrected chi connectivity index (χ1v) is 8.74. The maximum absolute atomic E-state index is 11.4. The molecule has 0 spiro atoms. The number of amides is 1. The van der Waals surface area contributed by atoms with Crippen molar-refractivity contribution in [2.45, 2.75) is 25.0 Å². The van der Waals surface area contributed by atoms with E-state index in [-0.39, 0.29) is 17.7 Å². The van der Waals surface area contributed by atoms with E-state index in [4.69, 9.17) is 5.73 Å². The van der Waals surface area contributed by atoms with Crippen molar-refractivity contribution in [3.8, 4) is 11.3 Å². The zero-order chi connectivity index (χ0) is 17.8. The minimum atomic E-state index is -0.653. The predicted molar refractivity (Wildman–Crippen MR) is 95.3 cm³/mol. The van der Waals surface area contributed by atoms with Crippen LogP contribution in [0.3, 0.4) is 0 Å². The molecule has 6 nitrogen and oxygen atoms in total. The van der Waals surface area contributed by atoms with Gasteiger partial charge in [-0.25, -0.2) is 9.97 Å². The summed E-state index contributed by atoms with van der Waals surface area (Å²) in [6.07, 6.45) is 4.56. The Balaban J connectivity index is 1.57. The molecule has 3 N–H and O–H groups in total. The first-order chi connectivity index (χ1) is 12.6. The van der Waals surface area contributed by atoms with Crippen molar-refractivity contribution in [3.63, 3.8) is 0 Å². The zero-order valence-corrected chi connectivity index (χ0v) is 14.0. The van der Waals surface area contributed by atoms with Crippen LogP contribution >= 0.6 is 0 Å². The number of aliphatic hydroxyl groups is 1. The second-order valence-electron chi connectivity index (χ2n) is 6.96. The van der Waals surface area contributed by atoms with Crippen LogP contribution < -0.4 is 5.73 Å². The quantitative estimate of drug-likeness (QED) is 0.744. The van der Waals surface area contributed by atoms with E-state index in [9.17, 15) is 9.90 Å². The number of carbonyl (C=O) groups is 1. The fourth-order valence-corrected chi connectivity index (χ4v) is 4.45. The lowest BCUT2D eigenvalue weighted by Gasteiger charge is -2.34. The zero-order valence-electron chi connectivity index (χ0n) is 14.0. The van der Waals surface area contributed by atoms with Crippen molar-refractivity contribution in [2.24, 2.45) is 11.7 Å². The molecule has 0 bridgehead atoms. The predicted octanol–water partition coefficient (Wildman–Crippen LogP) is 2.24. The summed E-state index contributed by atoms with van der Waals surface area (Å²) in [4.78, 5) is 20.0. The molecule has 130 valence electrons. The number of primary amides is 1. The molecule has 0 unspecified atom stereocenters. The maximum atomic E-state index is 11.4. The Kier molecular flexibility index (Phi) is 3.24. The fraction of sp³-hybridized carbons (Fsp3) is 0.250. The number of fused-ring (bicyclic) bond motifs is 4. The largest absolute Gasteiger partial charge is 0.388 e. The van der Waals surface area contributed by atoms with Crippen molar-refractivity contribution in [3.05, 3.63) is 71.4 Å². The standard InChI is InChI=1S/C20H18N4O2/c21-20(26)16-8-5-13-15(23-16)7-6-14(19(13)25)18-12-4-2-1-3-11(12)17-9-22-10-24(17)18/h1-5,8-10,14,18-19,25H,6-7H2,(H2,21,26)/t14-,18-,19-/m1/s1. The summed E-state index contributed by atoms with van der Waals surface area (Å²) in [7, 11) is 0. The number of rotatable bonds is 2. The van der Waals surface area contributed by atoms with Gasteiger partial charge in [0.25, 0.3) is 5.91 Å². The van der Waals surface area contributed by atoms with Crippen molar-refractivity contribution in [1.29, 1.82) is 0 Å². The molecule has 2 aliphatic rings. The smallest absolute Gasteiger partial charge is 0.267 e. The van der Waals surface area contributed by atoms with E-state index in [0.717, 1.165) is 23.4 Å². The monoisotopic (exact) mass is 346 g/mol. The lowest BCUT2D eigenvalue weighted by molar-refractivity contribution is 0.0708. The fourth-order valence-electron chi connectivity index (χ4n) is 4.45. The van der Waals surface area contributed by atoms with E-state index in [2.05, 4.69) is 26.7 Å². The highest BCUT2D eigenvalue weighted by molar-refractivity contribution is 5.90. The number of aromatic nitrogens is 3. The van der Waals surface area contributed by atoms with Gasteiger partial charge in [-0.15, -0.1) is 0 Å². The molecule has 0 fully saturated rings. The van der Waals surface area contributed by atoms with Crippen LogP contribution in [0.2, 0.25) is 0 Å². The molecule has 1 aliphatic heterocycles. The molecule has 6 heteroatoms. The Morgan fingerprint density at radius 1 is 1.19 bits per heavy atom. The molecule has 26 heavy (non-hydrogen) atoms. The second kappa shape index (κ2) is 5.51. The van der Waals surface area contributed by atoms with Gasteiger partial charge in [-0.2, -0.15) is 0 Å². The summed E-state index contributed by atoms with van der Waals surface area (Å²) < 4.78 is 2.16. The maximum Gasteiger partial charge on any atom is 0.267 e. The van der Waals surface area contributed by atoms with E-state index >= 15 is 0 Å². The average molecular weight is 346 g/mol. The normalized spacial score (nSPS) is 23.2. The molecular formula is C20H18N4O2. The third-order valence-corrected chi connectivity index (χ3v) is 5.63. The molecule has 1 amide bonds. The summed E-state index contributed by atoms with van der Waals surface area (Å²) in [6.45, 7) is 0. The van der Waals surface area contributed by atoms with Crippen molar-refractivity contribution < 1.29 is 9.90 Å². The van der Waals surface area contributed by atoms with Gasteiger partial charge in [-0.3, -0.25) is 4.79 Å². The van der Waals surface area contributed by atoms with Crippen LogP contribution in [0.4, 0.5) is 0 Å². The third kappa shape index (κ3) is 2.05. The van der Waals surface area contributed by atoms with E-state index < -0.39 is 12.0 Å². The number of pyridine rings is 1. The lowest BCUT2D eigenvalue weighted by atomic mass is 9.77.